The SMILES string of the molecule is C=C/C=C(\C=C)COC(=O)COCCOCCOCCOCC=O.CO. The van der Waals surface area contributed by atoms with E-state index in [9.17, 15) is 9.59 Å². The van der Waals surface area contributed by atoms with Crippen molar-refractivity contribution < 1.29 is 38.4 Å². The zero-order valence-electron chi connectivity index (χ0n) is 15.4. The van der Waals surface area contributed by atoms with Gasteiger partial charge in [-0.05, 0) is 5.57 Å². The summed E-state index contributed by atoms with van der Waals surface area (Å²) in [5, 5.41) is 7.00. The van der Waals surface area contributed by atoms with Crippen molar-refractivity contribution in [1.29, 1.82) is 0 Å². The minimum Gasteiger partial charge on any atom is -0.459 e. The molecule has 0 amide bonds. The number of rotatable bonds is 17. The average molecular weight is 374 g/mol. The third-order valence-corrected chi connectivity index (χ3v) is 2.52. The number of carbonyl (C=O) groups excluding carboxylic acids is 2. The van der Waals surface area contributed by atoms with E-state index in [0.29, 0.717) is 39.3 Å². The Hall–Kier alpha value is -1.84. The predicted octanol–water partition coefficient (Wildman–Crippen LogP) is 0.702. The van der Waals surface area contributed by atoms with Crippen LogP contribution in [0.25, 0.3) is 0 Å². The van der Waals surface area contributed by atoms with Crippen LogP contribution in [-0.4, -0.2) is 83.9 Å². The van der Waals surface area contributed by atoms with Crippen molar-refractivity contribution in [2.75, 3.05) is 66.6 Å². The van der Waals surface area contributed by atoms with E-state index in [0.717, 1.165) is 12.7 Å². The molecule has 0 saturated carbocycles. The zero-order chi connectivity index (χ0) is 19.9. The minimum absolute atomic E-state index is 0.0824. The number of aliphatic hydroxyl groups excluding tert-OH is 1. The summed E-state index contributed by atoms with van der Waals surface area (Å²) in [4.78, 5) is 21.4. The lowest BCUT2D eigenvalue weighted by molar-refractivity contribution is -0.148. The molecule has 8 heteroatoms. The third-order valence-electron chi connectivity index (χ3n) is 2.52. The van der Waals surface area contributed by atoms with Gasteiger partial charge in [0.05, 0.1) is 39.6 Å². The Morgan fingerprint density at radius 3 is 1.92 bits per heavy atom. The first-order valence-corrected chi connectivity index (χ1v) is 8.03. The summed E-state index contributed by atoms with van der Waals surface area (Å²) in [7, 11) is 1.00. The van der Waals surface area contributed by atoms with E-state index in [4.69, 9.17) is 28.8 Å². The fourth-order valence-corrected chi connectivity index (χ4v) is 1.38. The van der Waals surface area contributed by atoms with Gasteiger partial charge >= 0.3 is 5.97 Å². The van der Waals surface area contributed by atoms with Crippen LogP contribution in [0, 0.1) is 0 Å². The van der Waals surface area contributed by atoms with Crippen molar-refractivity contribution in [3.05, 3.63) is 37.0 Å². The minimum atomic E-state index is -0.453. The molecule has 0 saturated heterocycles. The van der Waals surface area contributed by atoms with Gasteiger partial charge in [0.25, 0.3) is 0 Å². The smallest absolute Gasteiger partial charge is 0.332 e. The van der Waals surface area contributed by atoms with Crippen LogP contribution in [0.3, 0.4) is 0 Å². The second-order valence-corrected chi connectivity index (χ2v) is 4.36. The van der Waals surface area contributed by atoms with E-state index >= 15 is 0 Å². The number of hydrogen-bond acceptors (Lipinski definition) is 8. The summed E-state index contributed by atoms with van der Waals surface area (Å²) in [6, 6.07) is 0. The van der Waals surface area contributed by atoms with Crippen molar-refractivity contribution in [3.63, 3.8) is 0 Å². The molecule has 0 heterocycles. The molecular formula is C18H30O8. The molecule has 1 N–H and O–H groups in total. The van der Waals surface area contributed by atoms with Crippen LogP contribution in [0.5, 0.6) is 0 Å². The highest BCUT2D eigenvalue weighted by molar-refractivity contribution is 5.70. The molecule has 0 aromatic rings. The molecular weight excluding hydrogens is 344 g/mol. The van der Waals surface area contributed by atoms with Gasteiger partial charge in [0.1, 0.15) is 26.1 Å². The van der Waals surface area contributed by atoms with Crippen LogP contribution >= 0.6 is 0 Å². The monoisotopic (exact) mass is 374 g/mol. The van der Waals surface area contributed by atoms with Crippen molar-refractivity contribution in [2.24, 2.45) is 0 Å². The molecule has 0 atom stereocenters. The summed E-state index contributed by atoms with van der Waals surface area (Å²) in [5.74, 6) is -0.453. The molecule has 0 radical (unpaired) electrons. The fourth-order valence-electron chi connectivity index (χ4n) is 1.38. The van der Waals surface area contributed by atoms with E-state index in [2.05, 4.69) is 13.2 Å². The van der Waals surface area contributed by atoms with Gasteiger partial charge in [-0.15, -0.1) is 0 Å². The van der Waals surface area contributed by atoms with E-state index < -0.39 is 5.97 Å². The van der Waals surface area contributed by atoms with Crippen molar-refractivity contribution >= 4 is 12.3 Å². The normalized spacial score (nSPS) is 10.5. The number of carbonyl (C=O) groups is 2. The van der Waals surface area contributed by atoms with Gasteiger partial charge in [-0.25, -0.2) is 4.79 Å². The highest BCUT2D eigenvalue weighted by atomic mass is 16.6. The fraction of sp³-hybridized carbons (Fsp3) is 0.556. The van der Waals surface area contributed by atoms with E-state index in [1.807, 2.05) is 0 Å². The van der Waals surface area contributed by atoms with Crippen LogP contribution in [0.4, 0.5) is 0 Å². The summed E-state index contributed by atoms with van der Waals surface area (Å²) in [6.07, 6.45) is 5.60. The Balaban J connectivity index is 0. The molecule has 0 unspecified atom stereocenters. The number of hydrogen-bond donors (Lipinski definition) is 1. The second-order valence-electron chi connectivity index (χ2n) is 4.36. The number of ether oxygens (including phenoxy) is 5. The van der Waals surface area contributed by atoms with Crippen LogP contribution < -0.4 is 0 Å². The number of esters is 1. The first-order valence-electron chi connectivity index (χ1n) is 8.03. The van der Waals surface area contributed by atoms with E-state index in [-0.39, 0.29) is 26.4 Å². The molecule has 8 nitrogen and oxygen atoms in total. The quantitative estimate of drug-likeness (QED) is 0.172. The Labute approximate surface area is 155 Å². The molecule has 0 bridgehead atoms. The lowest BCUT2D eigenvalue weighted by atomic mass is 10.2. The molecule has 0 spiro atoms. The van der Waals surface area contributed by atoms with Crippen molar-refractivity contribution in [2.45, 2.75) is 0 Å². The van der Waals surface area contributed by atoms with E-state index in [1.165, 1.54) is 0 Å². The van der Waals surface area contributed by atoms with Crippen LogP contribution in [-0.2, 0) is 33.3 Å². The lowest BCUT2D eigenvalue weighted by Crippen LogP contribution is -2.17. The Morgan fingerprint density at radius 1 is 0.885 bits per heavy atom. The molecule has 0 aliphatic heterocycles. The first kappa shape index (κ1) is 26.4. The first-order chi connectivity index (χ1) is 12.7. The molecule has 26 heavy (non-hydrogen) atoms. The highest BCUT2D eigenvalue weighted by Crippen LogP contribution is 1.97. The maximum Gasteiger partial charge on any atom is 0.332 e. The van der Waals surface area contributed by atoms with Gasteiger partial charge in [-0.3, -0.25) is 0 Å². The molecule has 0 aliphatic rings. The molecule has 0 aliphatic carbocycles. The maximum absolute atomic E-state index is 11.4. The van der Waals surface area contributed by atoms with E-state index in [1.54, 1.807) is 18.2 Å². The molecule has 0 fully saturated rings. The summed E-state index contributed by atoms with van der Waals surface area (Å²) >= 11 is 0. The van der Waals surface area contributed by atoms with Gasteiger partial charge < -0.3 is 33.6 Å². The average Bonchev–Trinajstić information content (AvgIpc) is 2.67. The second kappa shape index (κ2) is 23.2. The largest absolute Gasteiger partial charge is 0.459 e. The number of aldehydes is 1. The zero-order valence-corrected chi connectivity index (χ0v) is 15.4. The Kier molecular flexibility index (Phi) is 23.5. The lowest BCUT2D eigenvalue weighted by Gasteiger charge is -2.07. The summed E-state index contributed by atoms with van der Waals surface area (Å²) in [6.45, 7) is 9.52. The summed E-state index contributed by atoms with van der Waals surface area (Å²) in [5.41, 5.74) is 0.762. The van der Waals surface area contributed by atoms with Gasteiger partial charge in [0.2, 0.25) is 0 Å². The van der Waals surface area contributed by atoms with Gasteiger partial charge in [-0.2, -0.15) is 0 Å². The molecule has 150 valence electrons. The highest BCUT2D eigenvalue weighted by Gasteiger charge is 2.03. The van der Waals surface area contributed by atoms with Crippen LogP contribution in [0.2, 0.25) is 0 Å². The Bertz CT molecular complexity index is 393. The Morgan fingerprint density at radius 2 is 1.42 bits per heavy atom. The summed E-state index contributed by atoms with van der Waals surface area (Å²) < 4.78 is 25.5. The van der Waals surface area contributed by atoms with Crippen molar-refractivity contribution in [3.8, 4) is 0 Å². The van der Waals surface area contributed by atoms with Crippen molar-refractivity contribution in [1.82, 2.24) is 0 Å². The topological polar surface area (TPSA) is 101 Å². The van der Waals surface area contributed by atoms with Gasteiger partial charge in [0.15, 0.2) is 0 Å². The van der Waals surface area contributed by atoms with Crippen LogP contribution in [0.15, 0.2) is 37.0 Å². The number of aliphatic hydroxyl groups is 1. The number of allylic oxidation sites excluding steroid dienone is 2. The van der Waals surface area contributed by atoms with Crippen LogP contribution in [0.1, 0.15) is 0 Å². The predicted molar refractivity (Wildman–Crippen MR) is 96.9 cm³/mol. The molecule has 0 rings (SSSR count). The van der Waals surface area contributed by atoms with Gasteiger partial charge in [-0.1, -0.05) is 31.4 Å². The molecule has 0 aromatic carbocycles. The standard InChI is InChI=1S/C17H26O7.CH4O/c1-3-5-16(4-2)14-24-17(19)15-23-13-12-22-11-10-21-9-8-20-7-6-18;1-2/h3-6H,1-2,7-15H2;2H,1H3/b16-5+;. The van der Waals surface area contributed by atoms with Gasteiger partial charge in [0, 0.05) is 7.11 Å². The molecule has 0 aromatic heterocycles. The third kappa shape index (κ3) is 20.2. The maximum atomic E-state index is 11.4.